The summed E-state index contributed by atoms with van der Waals surface area (Å²) in [6.07, 6.45) is 2.50. The third-order valence-corrected chi connectivity index (χ3v) is 2.96. The molecule has 0 saturated carbocycles. The van der Waals surface area contributed by atoms with E-state index in [1.165, 1.54) is 0 Å². The SMILES string of the molecule is N#CCCCC[C@@H](NC(=O)[C@@H]1CCC(=O)N1)C(=O)O. The van der Waals surface area contributed by atoms with E-state index in [1.807, 2.05) is 6.07 Å². The van der Waals surface area contributed by atoms with E-state index in [0.29, 0.717) is 25.7 Å². The molecule has 1 aliphatic heterocycles. The first-order valence-electron chi connectivity index (χ1n) is 6.24. The van der Waals surface area contributed by atoms with E-state index < -0.39 is 24.0 Å². The number of amides is 2. The van der Waals surface area contributed by atoms with Crippen LogP contribution in [0.5, 0.6) is 0 Å². The molecule has 2 atom stereocenters. The maximum Gasteiger partial charge on any atom is 0.326 e. The summed E-state index contributed by atoms with van der Waals surface area (Å²) in [6.45, 7) is 0. The van der Waals surface area contributed by atoms with Gasteiger partial charge in [0, 0.05) is 12.8 Å². The Bertz CT molecular complexity index is 402. The Morgan fingerprint density at radius 1 is 1.53 bits per heavy atom. The molecule has 0 aliphatic carbocycles. The van der Waals surface area contributed by atoms with Crippen LogP contribution in [0.15, 0.2) is 0 Å². The van der Waals surface area contributed by atoms with Crippen LogP contribution in [0.25, 0.3) is 0 Å². The van der Waals surface area contributed by atoms with Crippen LogP contribution >= 0.6 is 0 Å². The summed E-state index contributed by atoms with van der Waals surface area (Å²) in [5.74, 6) is -1.76. The van der Waals surface area contributed by atoms with Gasteiger partial charge in [-0.15, -0.1) is 0 Å². The molecule has 0 unspecified atom stereocenters. The van der Waals surface area contributed by atoms with Crippen molar-refractivity contribution in [1.82, 2.24) is 10.6 Å². The molecule has 7 heteroatoms. The Morgan fingerprint density at radius 2 is 2.26 bits per heavy atom. The summed E-state index contributed by atoms with van der Waals surface area (Å²) < 4.78 is 0. The molecule has 0 aromatic carbocycles. The standard InChI is InChI=1S/C12H17N3O4/c13-7-3-1-2-4-9(12(18)19)15-11(17)8-5-6-10(16)14-8/h8-9H,1-6H2,(H,14,16)(H,15,17)(H,18,19)/t8-,9+/m0/s1. The number of carboxylic acids is 1. The average Bonchev–Trinajstić information content (AvgIpc) is 2.79. The zero-order chi connectivity index (χ0) is 14.3. The van der Waals surface area contributed by atoms with E-state index in [9.17, 15) is 14.4 Å². The van der Waals surface area contributed by atoms with Gasteiger partial charge in [0.25, 0.3) is 0 Å². The van der Waals surface area contributed by atoms with E-state index in [4.69, 9.17) is 10.4 Å². The lowest BCUT2D eigenvalue weighted by molar-refractivity contribution is -0.142. The topological polar surface area (TPSA) is 119 Å². The van der Waals surface area contributed by atoms with Crippen molar-refractivity contribution in [2.75, 3.05) is 0 Å². The van der Waals surface area contributed by atoms with Gasteiger partial charge >= 0.3 is 5.97 Å². The first kappa shape index (κ1) is 15.0. The smallest absolute Gasteiger partial charge is 0.326 e. The minimum absolute atomic E-state index is 0.193. The zero-order valence-corrected chi connectivity index (χ0v) is 10.5. The Balaban J connectivity index is 2.40. The minimum atomic E-state index is -1.10. The number of nitrogens with one attached hydrogen (secondary N) is 2. The van der Waals surface area contributed by atoms with Crippen molar-refractivity contribution in [3.63, 3.8) is 0 Å². The second-order valence-corrected chi connectivity index (χ2v) is 4.46. The number of nitrogens with zero attached hydrogens (tertiary/aromatic N) is 1. The average molecular weight is 267 g/mol. The maximum atomic E-state index is 11.8. The van der Waals surface area contributed by atoms with Crippen molar-refractivity contribution in [3.05, 3.63) is 0 Å². The highest BCUT2D eigenvalue weighted by molar-refractivity contribution is 5.92. The van der Waals surface area contributed by atoms with Gasteiger partial charge in [-0.1, -0.05) is 0 Å². The van der Waals surface area contributed by atoms with Crippen molar-refractivity contribution >= 4 is 17.8 Å². The number of hydrogen-bond acceptors (Lipinski definition) is 4. The van der Waals surface area contributed by atoms with Gasteiger partial charge in [-0.2, -0.15) is 5.26 Å². The molecule has 0 bridgehead atoms. The highest BCUT2D eigenvalue weighted by Gasteiger charge is 2.30. The summed E-state index contributed by atoms with van der Waals surface area (Å²) in [5, 5.41) is 22.3. The fourth-order valence-electron chi connectivity index (χ4n) is 1.89. The van der Waals surface area contributed by atoms with E-state index >= 15 is 0 Å². The third kappa shape index (κ3) is 4.95. The lowest BCUT2D eigenvalue weighted by atomic mass is 10.1. The highest BCUT2D eigenvalue weighted by atomic mass is 16.4. The van der Waals surface area contributed by atoms with Crippen molar-refractivity contribution in [3.8, 4) is 6.07 Å². The molecule has 1 saturated heterocycles. The fourth-order valence-corrected chi connectivity index (χ4v) is 1.89. The van der Waals surface area contributed by atoms with Crippen LogP contribution in [0.1, 0.15) is 38.5 Å². The molecule has 1 fully saturated rings. The van der Waals surface area contributed by atoms with E-state index in [1.54, 1.807) is 0 Å². The van der Waals surface area contributed by atoms with E-state index in [2.05, 4.69) is 10.6 Å². The normalized spacial score (nSPS) is 19.3. The van der Waals surface area contributed by atoms with Gasteiger partial charge in [-0.3, -0.25) is 9.59 Å². The van der Waals surface area contributed by atoms with Crippen LogP contribution in [-0.4, -0.2) is 35.0 Å². The maximum absolute atomic E-state index is 11.8. The van der Waals surface area contributed by atoms with Gasteiger partial charge in [0.1, 0.15) is 12.1 Å². The molecule has 1 rings (SSSR count). The van der Waals surface area contributed by atoms with Gasteiger partial charge in [0.2, 0.25) is 11.8 Å². The molecule has 3 N–H and O–H groups in total. The Kier molecular flexibility index (Phi) is 5.79. The number of unbranched alkanes of at least 4 members (excludes halogenated alkanes) is 2. The molecule has 1 heterocycles. The third-order valence-electron chi connectivity index (χ3n) is 2.96. The second-order valence-electron chi connectivity index (χ2n) is 4.46. The minimum Gasteiger partial charge on any atom is -0.480 e. The number of carbonyl (C=O) groups is 3. The van der Waals surface area contributed by atoms with Gasteiger partial charge in [0.15, 0.2) is 0 Å². The number of carbonyl (C=O) groups excluding carboxylic acids is 2. The highest BCUT2D eigenvalue weighted by Crippen LogP contribution is 2.08. The number of carboxylic acid groups (broad SMARTS) is 1. The zero-order valence-electron chi connectivity index (χ0n) is 10.5. The van der Waals surface area contributed by atoms with Crippen molar-refractivity contribution in [2.45, 2.75) is 50.6 Å². The number of aliphatic carboxylic acids is 1. The lowest BCUT2D eigenvalue weighted by Gasteiger charge is -2.17. The summed E-state index contributed by atoms with van der Waals surface area (Å²) >= 11 is 0. The predicted molar refractivity (Wildman–Crippen MR) is 64.8 cm³/mol. The van der Waals surface area contributed by atoms with Crippen molar-refractivity contribution in [2.24, 2.45) is 0 Å². The van der Waals surface area contributed by atoms with Gasteiger partial charge in [-0.25, -0.2) is 4.79 Å². The molecular formula is C12H17N3O4. The number of hydrogen-bond donors (Lipinski definition) is 3. The Morgan fingerprint density at radius 3 is 2.79 bits per heavy atom. The van der Waals surface area contributed by atoms with Crippen LogP contribution in [0, 0.1) is 11.3 Å². The first-order chi connectivity index (χ1) is 9.04. The molecule has 19 heavy (non-hydrogen) atoms. The molecule has 104 valence electrons. The molecule has 2 amide bonds. The quantitative estimate of drug-likeness (QED) is 0.557. The summed E-state index contributed by atoms with van der Waals surface area (Å²) in [5.41, 5.74) is 0. The Hall–Kier alpha value is -2.10. The lowest BCUT2D eigenvalue weighted by Crippen LogP contribution is -2.48. The number of nitriles is 1. The van der Waals surface area contributed by atoms with Crippen LogP contribution < -0.4 is 10.6 Å². The number of rotatable bonds is 7. The van der Waals surface area contributed by atoms with Gasteiger partial charge in [-0.05, 0) is 25.7 Å². The summed E-state index contributed by atoms with van der Waals surface area (Å²) in [4.78, 5) is 33.7. The van der Waals surface area contributed by atoms with Crippen molar-refractivity contribution in [1.29, 1.82) is 5.26 Å². The predicted octanol–water partition coefficient (Wildman–Crippen LogP) is -0.0816. The van der Waals surface area contributed by atoms with Gasteiger partial charge in [0.05, 0.1) is 6.07 Å². The molecular weight excluding hydrogens is 250 g/mol. The largest absolute Gasteiger partial charge is 0.480 e. The second kappa shape index (κ2) is 7.36. The Labute approximate surface area is 111 Å². The fraction of sp³-hybridized carbons (Fsp3) is 0.667. The van der Waals surface area contributed by atoms with Crippen molar-refractivity contribution < 1.29 is 19.5 Å². The summed E-state index contributed by atoms with van der Waals surface area (Å²) in [6, 6.07) is 0.379. The van der Waals surface area contributed by atoms with Crippen LogP contribution in [-0.2, 0) is 14.4 Å². The first-order valence-corrected chi connectivity index (χ1v) is 6.24. The molecule has 7 nitrogen and oxygen atoms in total. The summed E-state index contributed by atoms with van der Waals surface area (Å²) in [7, 11) is 0. The molecule has 0 aromatic rings. The van der Waals surface area contributed by atoms with Crippen LogP contribution in [0.4, 0.5) is 0 Å². The molecule has 0 aromatic heterocycles. The molecule has 0 spiro atoms. The molecule has 1 aliphatic rings. The monoisotopic (exact) mass is 267 g/mol. The van der Waals surface area contributed by atoms with Crippen LogP contribution in [0.2, 0.25) is 0 Å². The van der Waals surface area contributed by atoms with Gasteiger partial charge < -0.3 is 15.7 Å². The van der Waals surface area contributed by atoms with E-state index in [0.717, 1.165) is 0 Å². The van der Waals surface area contributed by atoms with E-state index in [-0.39, 0.29) is 18.7 Å². The van der Waals surface area contributed by atoms with Crippen LogP contribution in [0.3, 0.4) is 0 Å². The molecule has 0 radical (unpaired) electrons.